The summed E-state index contributed by atoms with van der Waals surface area (Å²) < 4.78 is 4.80. The number of benzene rings is 3. The number of ether oxygens (including phenoxy) is 1. The monoisotopic (exact) mass is 956 g/mol. The number of amides is 4. The second-order valence-electron chi connectivity index (χ2n) is 20.7. The van der Waals surface area contributed by atoms with Gasteiger partial charge < -0.3 is 39.8 Å². The van der Waals surface area contributed by atoms with Gasteiger partial charge in [-0.05, 0) is 91.5 Å². The molecule has 372 valence electrons. The fraction of sp³-hybridized carbons (Fsp3) is 0.509. The van der Waals surface area contributed by atoms with Crippen molar-refractivity contribution >= 4 is 29.7 Å². The summed E-state index contributed by atoms with van der Waals surface area (Å²) in [4.78, 5) is 66.0. The number of anilines is 1. The molecule has 3 saturated heterocycles. The van der Waals surface area contributed by atoms with Crippen LogP contribution in [-0.4, -0.2) is 113 Å². The number of methoxy groups -OCH3 is 1. The van der Waals surface area contributed by atoms with Crippen molar-refractivity contribution in [3.8, 4) is 22.8 Å². The van der Waals surface area contributed by atoms with Gasteiger partial charge in [-0.25, -0.2) is 9.59 Å². The summed E-state index contributed by atoms with van der Waals surface area (Å²) in [6, 6.07) is 24.1. The second-order valence-corrected chi connectivity index (χ2v) is 20.7. The Kier molecular flexibility index (Phi) is 14.7. The number of alkyl carbamates (subject to hydrolysis) is 1. The van der Waals surface area contributed by atoms with Crippen LogP contribution in [0, 0.1) is 11.8 Å². The molecular formula is C53H69N11O6. The van der Waals surface area contributed by atoms with Gasteiger partial charge in [0, 0.05) is 36.4 Å². The number of likely N-dealkylation sites (N-methyl/N-ethyl adjacent to an activating group) is 1. The zero-order valence-corrected chi connectivity index (χ0v) is 42.0. The van der Waals surface area contributed by atoms with Gasteiger partial charge in [-0.3, -0.25) is 14.5 Å². The van der Waals surface area contributed by atoms with E-state index in [1.807, 2.05) is 27.7 Å². The van der Waals surface area contributed by atoms with E-state index >= 15 is 0 Å². The van der Waals surface area contributed by atoms with Crippen molar-refractivity contribution < 1.29 is 29.0 Å². The highest BCUT2D eigenvalue weighted by molar-refractivity contribution is 5.87. The minimum absolute atomic E-state index is 0.0115. The van der Waals surface area contributed by atoms with Crippen molar-refractivity contribution in [2.45, 2.75) is 136 Å². The van der Waals surface area contributed by atoms with Crippen LogP contribution >= 0.6 is 0 Å². The van der Waals surface area contributed by atoms with Crippen molar-refractivity contribution in [2.75, 3.05) is 31.6 Å². The Morgan fingerprint density at radius 1 is 0.700 bits per heavy atom. The van der Waals surface area contributed by atoms with Gasteiger partial charge in [0.05, 0.1) is 31.3 Å². The van der Waals surface area contributed by atoms with Gasteiger partial charge in [0.1, 0.15) is 12.1 Å². The van der Waals surface area contributed by atoms with Crippen molar-refractivity contribution in [2.24, 2.45) is 11.8 Å². The van der Waals surface area contributed by atoms with Gasteiger partial charge in [-0.15, -0.1) is 20.4 Å². The van der Waals surface area contributed by atoms with E-state index in [9.17, 15) is 24.3 Å². The number of carbonyl (C=O) groups is 4. The molecule has 17 heteroatoms. The van der Waals surface area contributed by atoms with Crippen LogP contribution in [-0.2, 0) is 19.7 Å². The van der Waals surface area contributed by atoms with E-state index in [4.69, 9.17) is 4.74 Å². The highest BCUT2D eigenvalue weighted by atomic mass is 16.5. The van der Waals surface area contributed by atoms with E-state index < -0.39 is 24.3 Å². The molecule has 2 aromatic heterocycles. The van der Waals surface area contributed by atoms with Crippen LogP contribution in [0.3, 0.4) is 0 Å². The van der Waals surface area contributed by atoms with Crippen LogP contribution in [0.4, 0.5) is 15.3 Å². The number of carbonyl (C=O) groups excluding carboxylic acids is 3. The zero-order chi connectivity index (χ0) is 50.0. The van der Waals surface area contributed by atoms with E-state index in [0.717, 1.165) is 48.9 Å². The highest BCUT2D eigenvalue weighted by Gasteiger charge is 2.42. The third-order valence-corrected chi connectivity index (χ3v) is 14.5. The smallest absolute Gasteiger partial charge is 0.407 e. The number of likely N-dealkylation sites (tertiary alicyclic amines) is 2. The molecular weight excluding hydrogens is 887 g/mol. The van der Waals surface area contributed by atoms with Crippen LogP contribution in [0.2, 0.25) is 0 Å². The van der Waals surface area contributed by atoms with Crippen molar-refractivity contribution in [1.82, 2.24) is 50.4 Å². The number of aromatic amines is 2. The molecule has 3 aliphatic heterocycles. The fourth-order valence-electron chi connectivity index (χ4n) is 10.7. The zero-order valence-electron chi connectivity index (χ0n) is 42.0. The Hall–Kier alpha value is -6.78. The first kappa shape index (κ1) is 49.6. The molecule has 6 atom stereocenters. The van der Waals surface area contributed by atoms with E-state index in [2.05, 4.69) is 134 Å². The fourth-order valence-corrected chi connectivity index (χ4v) is 10.7. The summed E-state index contributed by atoms with van der Waals surface area (Å²) in [6.45, 7) is 17.3. The Labute approximate surface area is 410 Å². The molecule has 0 saturated carbocycles. The largest absolute Gasteiger partial charge is 0.465 e. The first-order chi connectivity index (χ1) is 33.5. The molecule has 8 rings (SSSR count). The number of aromatic nitrogens is 6. The lowest BCUT2D eigenvalue weighted by atomic mass is 9.87. The highest BCUT2D eigenvalue weighted by Crippen LogP contribution is 2.48. The molecule has 3 fully saturated rings. The Balaban J connectivity index is 1.01. The molecule has 0 bridgehead atoms. The van der Waals surface area contributed by atoms with Gasteiger partial charge in [-0.2, -0.15) is 0 Å². The van der Waals surface area contributed by atoms with Gasteiger partial charge in [0.2, 0.25) is 11.8 Å². The van der Waals surface area contributed by atoms with Crippen LogP contribution in [0.25, 0.3) is 22.8 Å². The van der Waals surface area contributed by atoms with Crippen LogP contribution in [0.15, 0.2) is 72.8 Å². The maximum atomic E-state index is 13.9. The first-order valence-electron chi connectivity index (χ1n) is 24.9. The topological polar surface area (TPSA) is 206 Å². The van der Waals surface area contributed by atoms with Crippen LogP contribution in [0.5, 0.6) is 0 Å². The molecule has 4 amide bonds. The molecule has 0 unspecified atom stereocenters. The lowest BCUT2D eigenvalue weighted by Crippen LogP contribution is -2.53. The molecule has 0 radical (unpaired) electrons. The Morgan fingerprint density at radius 2 is 1.19 bits per heavy atom. The van der Waals surface area contributed by atoms with Gasteiger partial charge >= 0.3 is 12.2 Å². The average Bonchev–Trinajstić information content (AvgIpc) is 4.21. The predicted molar refractivity (Wildman–Crippen MR) is 267 cm³/mol. The number of nitrogens with zero attached hydrogens (tertiary/aromatic N) is 8. The summed E-state index contributed by atoms with van der Waals surface area (Å²) >= 11 is 0. The molecule has 5 heterocycles. The summed E-state index contributed by atoms with van der Waals surface area (Å²) in [7, 11) is 1.29. The average molecular weight is 956 g/mol. The van der Waals surface area contributed by atoms with Gasteiger partial charge in [0.15, 0.2) is 23.3 Å². The maximum absolute atomic E-state index is 13.9. The van der Waals surface area contributed by atoms with Gasteiger partial charge in [-0.1, -0.05) is 109 Å². The van der Waals surface area contributed by atoms with E-state index in [1.165, 1.54) is 28.7 Å². The number of rotatable bonds is 14. The van der Waals surface area contributed by atoms with Crippen LogP contribution in [0.1, 0.15) is 146 Å². The van der Waals surface area contributed by atoms with E-state index in [-0.39, 0.29) is 59.8 Å². The Morgan fingerprint density at radius 3 is 1.60 bits per heavy atom. The minimum Gasteiger partial charge on any atom is -0.465 e. The third kappa shape index (κ3) is 10.1. The van der Waals surface area contributed by atoms with Crippen LogP contribution < -0.4 is 10.2 Å². The summed E-state index contributed by atoms with van der Waals surface area (Å²) in [5, 5.41) is 30.7. The Bertz CT molecular complexity index is 2620. The SMILES string of the molecule is CCN(C(=O)O)[C@H](C(=O)N1CCC[C@H]1c1nnc(-c2ccc([C@@H]3CC[C@@H](c4ccc(-c5nnc([C@@H]6CCCN6C(=O)[C@@H](NC(=O)OC)C(C)C)[nH]5)cc4)N3c3ccc(C(C)(C)C)cc3)cc2)[nH]1)C(C)C. The lowest BCUT2D eigenvalue weighted by molar-refractivity contribution is -0.139. The number of H-pyrrole nitrogens is 2. The minimum atomic E-state index is -1.10. The normalized spacial score (nSPS) is 20.3. The first-order valence-corrected chi connectivity index (χ1v) is 24.9. The number of carboxylic acid groups (broad SMARTS) is 1. The molecule has 0 aliphatic carbocycles. The maximum Gasteiger partial charge on any atom is 0.407 e. The molecule has 17 nitrogen and oxygen atoms in total. The van der Waals surface area contributed by atoms with E-state index in [1.54, 1.807) is 16.7 Å². The number of hydrogen-bond donors (Lipinski definition) is 4. The molecule has 0 spiro atoms. The molecule has 3 aliphatic rings. The number of hydrogen-bond acceptors (Lipinski definition) is 10. The summed E-state index contributed by atoms with van der Waals surface area (Å²) in [6.07, 6.45) is 3.20. The van der Waals surface area contributed by atoms with E-state index in [0.29, 0.717) is 42.8 Å². The summed E-state index contributed by atoms with van der Waals surface area (Å²) in [5.74, 6) is 1.76. The third-order valence-electron chi connectivity index (χ3n) is 14.5. The predicted octanol–water partition coefficient (Wildman–Crippen LogP) is 9.37. The summed E-state index contributed by atoms with van der Waals surface area (Å²) in [5.41, 5.74) is 6.57. The molecule has 3 aromatic carbocycles. The number of nitrogens with one attached hydrogen (secondary N) is 3. The van der Waals surface area contributed by atoms with Crippen molar-refractivity contribution in [3.63, 3.8) is 0 Å². The van der Waals surface area contributed by atoms with Crippen molar-refractivity contribution in [3.05, 3.63) is 101 Å². The molecule has 70 heavy (non-hydrogen) atoms. The standard InChI is InChI=1S/C53H69N11O6/c1-10-61(52(68)69)44(32(4)5)50(66)63-30-12-14-42(63)48-56-46(58-60-48)36-21-17-34(18-22-36)40-28-27-39(64(40)38-25-23-37(24-26-38)53(6,7)8)33-15-19-35(20-16-33)45-55-47(59-57-45)41-13-11-29-62(41)49(65)43(31(2)3)54-51(67)70-9/h15-26,31-32,39-44H,10-14,27-30H2,1-9H3,(H,54,67)(H,68,69)(H,55,57,59)(H,56,58,60)/t39-,40-,41-,42-,43-,44-/m0/s1. The molecule has 4 N–H and O–H groups in total. The quantitative estimate of drug-likeness (QED) is 0.0825. The molecule has 5 aromatic rings. The van der Waals surface area contributed by atoms with Crippen molar-refractivity contribution in [1.29, 1.82) is 0 Å². The lowest BCUT2D eigenvalue weighted by Gasteiger charge is -2.35. The van der Waals surface area contributed by atoms with Gasteiger partial charge in [0.25, 0.3) is 0 Å². The second kappa shape index (κ2) is 20.7.